The summed E-state index contributed by atoms with van der Waals surface area (Å²) in [5.74, 6) is -1.25. The molecule has 1 aromatic carbocycles. The third-order valence-electron chi connectivity index (χ3n) is 4.31. The van der Waals surface area contributed by atoms with Crippen LogP contribution in [0, 0.1) is 0 Å². The fourth-order valence-corrected chi connectivity index (χ4v) is 4.78. The largest absolute Gasteiger partial charge is 0.451 e. The van der Waals surface area contributed by atoms with Crippen molar-refractivity contribution in [3.63, 3.8) is 0 Å². The second kappa shape index (κ2) is 7.12. The van der Waals surface area contributed by atoms with E-state index in [1.54, 1.807) is 34.4 Å². The molecule has 0 N–H and O–H groups in total. The summed E-state index contributed by atoms with van der Waals surface area (Å²) in [4.78, 5) is 22.9. The van der Waals surface area contributed by atoms with Crippen LogP contribution in [-0.4, -0.2) is 33.1 Å². The molecule has 1 aliphatic rings. The molecule has 27 heavy (non-hydrogen) atoms. The first-order valence-corrected chi connectivity index (χ1v) is 10.1. The van der Waals surface area contributed by atoms with E-state index >= 15 is 0 Å². The van der Waals surface area contributed by atoms with Gasteiger partial charge in [-0.1, -0.05) is 30.0 Å². The van der Waals surface area contributed by atoms with Crippen molar-refractivity contribution in [3.8, 4) is 0 Å². The van der Waals surface area contributed by atoms with E-state index in [1.807, 2.05) is 11.4 Å². The number of benzene rings is 1. The quantitative estimate of drug-likeness (QED) is 0.476. The first-order valence-electron chi connectivity index (χ1n) is 8.21. The molecule has 3 aromatic rings. The first kappa shape index (κ1) is 18.2. The lowest BCUT2D eigenvalue weighted by Gasteiger charge is -2.27. The number of alkyl halides is 3. The summed E-state index contributed by atoms with van der Waals surface area (Å²) in [5.41, 5.74) is 1.37. The highest BCUT2D eigenvalue weighted by atomic mass is 32.2. The number of halogens is 3. The normalized spacial score (nSPS) is 14.4. The van der Waals surface area contributed by atoms with Gasteiger partial charge in [-0.3, -0.25) is 4.79 Å². The highest BCUT2D eigenvalue weighted by Gasteiger charge is 2.35. The molecule has 4 nitrogen and oxygen atoms in total. The highest BCUT2D eigenvalue weighted by molar-refractivity contribution is 8.00. The van der Waals surface area contributed by atoms with E-state index in [1.165, 1.54) is 10.9 Å². The van der Waals surface area contributed by atoms with E-state index in [0.29, 0.717) is 18.5 Å². The van der Waals surface area contributed by atoms with Crippen LogP contribution >= 0.6 is 23.1 Å². The van der Waals surface area contributed by atoms with E-state index < -0.39 is 12.0 Å². The maximum absolute atomic E-state index is 13.1. The molecule has 1 aliphatic heterocycles. The van der Waals surface area contributed by atoms with Crippen LogP contribution in [0.1, 0.15) is 16.3 Å². The molecule has 9 heteroatoms. The molecule has 0 saturated carbocycles. The van der Waals surface area contributed by atoms with Crippen LogP contribution in [0.4, 0.5) is 13.2 Å². The Bertz CT molecular complexity index is 1000. The standard InChI is InChI=1S/C18H14F3N3OS2/c19-18(20,21)17-22-13-4-2-1-3-12(13)16(23-17)27-10-15(25)24-7-5-14-11(9-24)6-8-26-14/h1-4,6,8H,5,7,9-10H2. The zero-order valence-electron chi connectivity index (χ0n) is 14.0. The molecule has 0 unspecified atom stereocenters. The number of para-hydroxylation sites is 1. The summed E-state index contributed by atoms with van der Waals surface area (Å²) in [6.45, 7) is 1.18. The molecule has 0 bridgehead atoms. The van der Waals surface area contributed by atoms with Crippen LogP contribution in [0.15, 0.2) is 40.7 Å². The lowest BCUT2D eigenvalue weighted by atomic mass is 10.1. The van der Waals surface area contributed by atoms with E-state index in [2.05, 4.69) is 9.97 Å². The Hall–Kier alpha value is -2.13. The predicted octanol–water partition coefficient (Wildman–Crippen LogP) is 4.39. The van der Waals surface area contributed by atoms with Crippen molar-refractivity contribution in [3.05, 3.63) is 52.0 Å². The molecule has 2 aromatic heterocycles. The molecule has 0 spiro atoms. The average Bonchev–Trinajstić information content (AvgIpc) is 3.12. The topological polar surface area (TPSA) is 46.1 Å². The average molecular weight is 409 g/mol. The van der Waals surface area contributed by atoms with Gasteiger partial charge < -0.3 is 4.90 Å². The molecule has 0 atom stereocenters. The fraction of sp³-hybridized carbons (Fsp3) is 0.278. The van der Waals surface area contributed by atoms with Gasteiger partial charge in [0.15, 0.2) is 0 Å². The number of aromatic nitrogens is 2. The van der Waals surface area contributed by atoms with Gasteiger partial charge in [0.1, 0.15) is 5.03 Å². The molecule has 4 rings (SSSR count). The zero-order valence-corrected chi connectivity index (χ0v) is 15.6. The van der Waals surface area contributed by atoms with Crippen LogP contribution in [0.2, 0.25) is 0 Å². The molecule has 0 radical (unpaired) electrons. The second-order valence-electron chi connectivity index (χ2n) is 6.09. The molecule has 3 heterocycles. The van der Waals surface area contributed by atoms with E-state index in [4.69, 9.17) is 0 Å². The molecule has 0 fully saturated rings. The number of nitrogens with zero attached hydrogens (tertiary/aromatic N) is 3. The van der Waals surface area contributed by atoms with Crippen molar-refractivity contribution in [1.82, 2.24) is 14.9 Å². The van der Waals surface area contributed by atoms with Gasteiger partial charge in [0.05, 0.1) is 11.3 Å². The number of hydrogen-bond acceptors (Lipinski definition) is 5. The van der Waals surface area contributed by atoms with Crippen molar-refractivity contribution in [2.45, 2.75) is 24.2 Å². The molecular weight excluding hydrogens is 395 g/mol. The minimum Gasteiger partial charge on any atom is -0.337 e. The Morgan fingerprint density at radius 3 is 2.85 bits per heavy atom. The maximum Gasteiger partial charge on any atom is 0.451 e. The lowest BCUT2D eigenvalue weighted by molar-refractivity contribution is -0.145. The molecule has 0 saturated heterocycles. The van der Waals surface area contributed by atoms with Crippen molar-refractivity contribution >= 4 is 39.9 Å². The Balaban J connectivity index is 1.54. The molecule has 1 amide bonds. The van der Waals surface area contributed by atoms with Gasteiger partial charge in [-0.05, 0) is 29.5 Å². The Morgan fingerprint density at radius 2 is 2.04 bits per heavy atom. The summed E-state index contributed by atoms with van der Waals surface area (Å²) in [7, 11) is 0. The Morgan fingerprint density at radius 1 is 1.22 bits per heavy atom. The monoisotopic (exact) mass is 409 g/mol. The number of amides is 1. The lowest BCUT2D eigenvalue weighted by Crippen LogP contribution is -2.36. The SMILES string of the molecule is O=C(CSc1nc(C(F)(F)F)nc2ccccc12)N1CCc2sccc2C1. The zero-order chi connectivity index (χ0) is 19.0. The van der Waals surface area contributed by atoms with Crippen molar-refractivity contribution in [1.29, 1.82) is 0 Å². The van der Waals surface area contributed by atoms with Crippen molar-refractivity contribution in [2.75, 3.05) is 12.3 Å². The van der Waals surface area contributed by atoms with Gasteiger partial charge in [-0.25, -0.2) is 9.97 Å². The van der Waals surface area contributed by atoms with E-state index in [9.17, 15) is 18.0 Å². The van der Waals surface area contributed by atoms with Crippen LogP contribution in [-0.2, 0) is 23.9 Å². The van der Waals surface area contributed by atoms with Gasteiger partial charge in [-0.2, -0.15) is 13.2 Å². The number of hydrogen-bond donors (Lipinski definition) is 0. The third-order valence-corrected chi connectivity index (χ3v) is 6.31. The Kier molecular flexibility index (Phi) is 4.81. The van der Waals surface area contributed by atoms with Gasteiger partial charge in [0, 0.05) is 23.4 Å². The minimum atomic E-state index is -4.63. The summed E-state index contributed by atoms with van der Waals surface area (Å²) in [6, 6.07) is 8.54. The first-order chi connectivity index (χ1) is 12.9. The number of rotatable bonds is 3. The number of carbonyl (C=O) groups excluding carboxylic acids is 1. The maximum atomic E-state index is 13.1. The molecule has 140 valence electrons. The minimum absolute atomic E-state index is 0.0395. The summed E-state index contributed by atoms with van der Waals surface area (Å²) >= 11 is 2.71. The van der Waals surface area contributed by atoms with Gasteiger partial charge in [0.2, 0.25) is 11.7 Å². The Labute approximate surface area is 161 Å². The van der Waals surface area contributed by atoms with E-state index in [0.717, 1.165) is 23.7 Å². The number of carbonyl (C=O) groups is 1. The fourth-order valence-electron chi connectivity index (χ4n) is 2.97. The number of fused-ring (bicyclic) bond motifs is 2. The van der Waals surface area contributed by atoms with Crippen LogP contribution in [0.25, 0.3) is 10.9 Å². The summed E-state index contributed by atoms with van der Waals surface area (Å²) in [5, 5.41) is 2.70. The van der Waals surface area contributed by atoms with Crippen molar-refractivity contribution < 1.29 is 18.0 Å². The van der Waals surface area contributed by atoms with E-state index in [-0.39, 0.29) is 22.2 Å². The molecule has 0 aliphatic carbocycles. The second-order valence-corrected chi connectivity index (χ2v) is 8.05. The summed E-state index contributed by atoms with van der Waals surface area (Å²) < 4.78 is 39.3. The van der Waals surface area contributed by atoms with Crippen molar-refractivity contribution in [2.24, 2.45) is 0 Å². The predicted molar refractivity (Wildman–Crippen MR) is 98.7 cm³/mol. The smallest absolute Gasteiger partial charge is 0.337 e. The summed E-state index contributed by atoms with van der Waals surface area (Å²) in [6.07, 6.45) is -3.82. The van der Waals surface area contributed by atoms with Crippen LogP contribution in [0.3, 0.4) is 0 Å². The highest BCUT2D eigenvalue weighted by Crippen LogP contribution is 2.32. The van der Waals surface area contributed by atoms with Gasteiger partial charge >= 0.3 is 6.18 Å². The number of thiophene rings is 1. The molecular formula is C18H14F3N3OS2. The van der Waals surface area contributed by atoms with Gasteiger partial charge in [-0.15, -0.1) is 11.3 Å². The third kappa shape index (κ3) is 3.79. The number of thioether (sulfide) groups is 1. The van der Waals surface area contributed by atoms with Crippen LogP contribution in [0.5, 0.6) is 0 Å². The van der Waals surface area contributed by atoms with Crippen LogP contribution < -0.4 is 0 Å². The van der Waals surface area contributed by atoms with Gasteiger partial charge in [0.25, 0.3) is 0 Å².